The first-order chi connectivity index (χ1) is 9.67. The molecule has 4 nitrogen and oxygen atoms in total. The van der Waals surface area contributed by atoms with E-state index in [0.717, 1.165) is 11.4 Å². The predicted octanol–water partition coefficient (Wildman–Crippen LogP) is 3.46. The summed E-state index contributed by atoms with van der Waals surface area (Å²) in [6, 6.07) is 1.70. The standard InChI is InChI=1S/C14H16Cl2N2O2/c1-3-20-11-8-10(19-2)13(15)9(14(11)16)7-12-17-5-4-6-18-12/h4-5,8H,3,6-7H2,1-2H3,(H,17,18). The number of nitrogens with one attached hydrogen (secondary N) is 1. The first-order valence-corrected chi connectivity index (χ1v) is 7.05. The number of benzene rings is 1. The van der Waals surface area contributed by atoms with Gasteiger partial charge >= 0.3 is 0 Å². The fraction of sp³-hybridized carbons (Fsp3) is 0.357. The van der Waals surface area contributed by atoms with Gasteiger partial charge < -0.3 is 14.8 Å². The Morgan fingerprint density at radius 2 is 2.05 bits per heavy atom. The zero-order valence-corrected chi connectivity index (χ0v) is 12.9. The molecule has 0 atom stereocenters. The summed E-state index contributed by atoms with van der Waals surface area (Å²) in [6.07, 6.45) is 4.29. The van der Waals surface area contributed by atoms with Gasteiger partial charge in [-0.1, -0.05) is 23.2 Å². The van der Waals surface area contributed by atoms with Crippen molar-refractivity contribution in [2.45, 2.75) is 13.3 Å². The Balaban J connectivity index is 2.38. The number of rotatable bonds is 5. The number of amidine groups is 1. The maximum absolute atomic E-state index is 6.38. The van der Waals surface area contributed by atoms with Gasteiger partial charge in [-0.25, -0.2) is 0 Å². The van der Waals surface area contributed by atoms with Crippen LogP contribution in [0.5, 0.6) is 11.5 Å². The Labute approximate surface area is 128 Å². The van der Waals surface area contributed by atoms with Crippen LogP contribution < -0.4 is 14.8 Å². The average molecular weight is 315 g/mol. The Bertz CT molecular complexity index is 557. The van der Waals surface area contributed by atoms with E-state index >= 15 is 0 Å². The minimum Gasteiger partial charge on any atom is -0.495 e. The Morgan fingerprint density at radius 3 is 2.65 bits per heavy atom. The molecule has 20 heavy (non-hydrogen) atoms. The van der Waals surface area contributed by atoms with Crippen molar-refractivity contribution in [3.05, 3.63) is 34.0 Å². The molecule has 0 unspecified atom stereocenters. The molecule has 0 bridgehead atoms. The zero-order valence-electron chi connectivity index (χ0n) is 11.4. The van der Waals surface area contributed by atoms with Gasteiger partial charge in [0.1, 0.15) is 17.3 Å². The van der Waals surface area contributed by atoms with Gasteiger partial charge in [-0.15, -0.1) is 0 Å². The Morgan fingerprint density at radius 1 is 1.30 bits per heavy atom. The van der Waals surface area contributed by atoms with Crippen molar-refractivity contribution in [3.63, 3.8) is 0 Å². The number of hydrogen-bond acceptors (Lipinski definition) is 4. The molecular weight excluding hydrogens is 299 g/mol. The van der Waals surface area contributed by atoms with Gasteiger partial charge in [0.25, 0.3) is 0 Å². The largest absolute Gasteiger partial charge is 0.495 e. The fourth-order valence-corrected chi connectivity index (χ4v) is 2.51. The van der Waals surface area contributed by atoms with Gasteiger partial charge in [0.05, 0.1) is 30.3 Å². The highest BCUT2D eigenvalue weighted by Crippen LogP contribution is 2.40. The summed E-state index contributed by atoms with van der Waals surface area (Å²) in [5.74, 6) is 1.92. The maximum atomic E-state index is 6.38. The van der Waals surface area contributed by atoms with Gasteiger partial charge in [0, 0.05) is 18.1 Å². The molecule has 0 aliphatic carbocycles. The molecule has 0 amide bonds. The van der Waals surface area contributed by atoms with Gasteiger partial charge in [-0.05, 0) is 19.2 Å². The molecule has 2 rings (SSSR count). The molecule has 0 saturated carbocycles. The second-order valence-corrected chi connectivity index (χ2v) is 4.88. The van der Waals surface area contributed by atoms with Crippen molar-refractivity contribution < 1.29 is 9.47 Å². The summed E-state index contributed by atoms with van der Waals surface area (Å²) in [6.45, 7) is 3.07. The minimum absolute atomic E-state index is 0.486. The number of nitrogens with zero attached hydrogens (tertiary/aromatic N) is 1. The number of hydrogen-bond donors (Lipinski definition) is 1. The van der Waals surface area contributed by atoms with Crippen molar-refractivity contribution in [3.8, 4) is 11.5 Å². The first-order valence-electron chi connectivity index (χ1n) is 6.29. The number of aliphatic imine (C=N–C) groups is 1. The van der Waals surface area contributed by atoms with Crippen molar-refractivity contribution in [2.24, 2.45) is 4.99 Å². The van der Waals surface area contributed by atoms with Crippen LogP contribution in [0.1, 0.15) is 12.5 Å². The van der Waals surface area contributed by atoms with E-state index in [1.165, 1.54) is 0 Å². The highest BCUT2D eigenvalue weighted by Gasteiger charge is 2.19. The minimum atomic E-state index is 0.486. The van der Waals surface area contributed by atoms with Gasteiger partial charge in [0.15, 0.2) is 0 Å². The summed E-state index contributed by atoms with van der Waals surface area (Å²) in [7, 11) is 1.56. The van der Waals surface area contributed by atoms with E-state index in [2.05, 4.69) is 10.3 Å². The van der Waals surface area contributed by atoms with E-state index in [1.54, 1.807) is 13.2 Å². The molecule has 0 saturated heterocycles. The van der Waals surface area contributed by atoms with E-state index in [4.69, 9.17) is 32.7 Å². The highest BCUT2D eigenvalue weighted by molar-refractivity contribution is 6.38. The third-order valence-electron chi connectivity index (χ3n) is 2.84. The monoisotopic (exact) mass is 314 g/mol. The second kappa shape index (κ2) is 6.86. The molecule has 0 aromatic heterocycles. The maximum Gasteiger partial charge on any atom is 0.141 e. The van der Waals surface area contributed by atoms with Crippen LogP contribution in [0.3, 0.4) is 0 Å². The van der Waals surface area contributed by atoms with E-state index in [9.17, 15) is 0 Å². The van der Waals surface area contributed by atoms with Crippen LogP contribution in [-0.4, -0.2) is 26.1 Å². The molecule has 0 fully saturated rings. The molecule has 6 heteroatoms. The predicted molar refractivity (Wildman–Crippen MR) is 82.5 cm³/mol. The van der Waals surface area contributed by atoms with Crippen LogP contribution >= 0.6 is 23.2 Å². The van der Waals surface area contributed by atoms with Crippen molar-refractivity contribution in [1.29, 1.82) is 0 Å². The van der Waals surface area contributed by atoms with Crippen LogP contribution in [0.25, 0.3) is 0 Å². The number of halogens is 2. The second-order valence-electron chi connectivity index (χ2n) is 4.13. The van der Waals surface area contributed by atoms with Gasteiger partial charge in [-0.2, -0.15) is 0 Å². The van der Waals surface area contributed by atoms with Crippen molar-refractivity contribution >= 4 is 29.0 Å². The summed E-state index contributed by atoms with van der Waals surface area (Å²) >= 11 is 12.7. The third-order valence-corrected chi connectivity index (χ3v) is 3.67. The van der Waals surface area contributed by atoms with Crippen LogP contribution in [-0.2, 0) is 6.42 Å². The lowest BCUT2D eigenvalue weighted by Crippen LogP contribution is -2.23. The molecular formula is C14H16Cl2N2O2. The normalized spacial score (nSPS) is 13.7. The van der Waals surface area contributed by atoms with Crippen molar-refractivity contribution in [1.82, 2.24) is 5.32 Å². The zero-order chi connectivity index (χ0) is 14.5. The summed E-state index contributed by atoms with van der Waals surface area (Å²) in [4.78, 5) is 4.36. The van der Waals surface area contributed by atoms with E-state index in [0.29, 0.717) is 41.1 Å². The quantitative estimate of drug-likeness (QED) is 0.905. The molecule has 1 heterocycles. The molecule has 0 spiro atoms. The van der Waals surface area contributed by atoms with Gasteiger partial charge in [0.2, 0.25) is 0 Å². The number of ether oxygens (including phenoxy) is 2. The topological polar surface area (TPSA) is 42.9 Å². The fourth-order valence-electron chi connectivity index (χ4n) is 1.89. The van der Waals surface area contributed by atoms with Crippen LogP contribution in [0.4, 0.5) is 0 Å². The first kappa shape index (κ1) is 15.0. The van der Waals surface area contributed by atoms with E-state index in [1.807, 2.05) is 19.2 Å². The summed E-state index contributed by atoms with van der Waals surface area (Å²) < 4.78 is 10.8. The lowest BCUT2D eigenvalue weighted by molar-refractivity contribution is 0.336. The highest BCUT2D eigenvalue weighted by atomic mass is 35.5. The Hall–Kier alpha value is -1.39. The molecule has 1 aromatic carbocycles. The smallest absolute Gasteiger partial charge is 0.141 e. The van der Waals surface area contributed by atoms with Crippen LogP contribution in [0, 0.1) is 0 Å². The lowest BCUT2D eigenvalue weighted by Gasteiger charge is -2.17. The molecule has 108 valence electrons. The molecule has 1 aromatic rings. The summed E-state index contributed by atoms with van der Waals surface area (Å²) in [5.41, 5.74) is 0.748. The lowest BCUT2D eigenvalue weighted by atomic mass is 10.1. The SMILES string of the molecule is CCOc1cc(OC)c(Cl)c(CC2=NCC=CN2)c1Cl. The molecule has 1 aliphatic rings. The van der Waals surface area contributed by atoms with E-state index < -0.39 is 0 Å². The Kier molecular flexibility index (Phi) is 5.15. The van der Waals surface area contributed by atoms with Gasteiger partial charge in [-0.3, -0.25) is 4.99 Å². The van der Waals surface area contributed by atoms with Crippen LogP contribution in [0.2, 0.25) is 10.0 Å². The average Bonchev–Trinajstić information content (AvgIpc) is 2.47. The molecule has 1 aliphatic heterocycles. The van der Waals surface area contributed by atoms with Crippen molar-refractivity contribution in [2.75, 3.05) is 20.3 Å². The third kappa shape index (κ3) is 3.19. The van der Waals surface area contributed by atoms with E-state index in [-0.39, 0.29) is 0 Å². The molecule has 1 N–H and O–H groups in total. The molecule has 0 radical (unpaired) electrons. The number of methoxy groups -OCH3 is 1. The van der Waals surface area contributed by atoms with Crippen LogP contribution in [0.15, 0.2) is 23.3 Å². The summed E-state index contributed by atoms with van der Waals surface area (Å²) in [5, 5.41) is 4.06.